The number of nitrogens with zero attached hydrogens (tertiary/aromatic N) is 1. The van der Waals surface area contributed by atoms with Gasteiger partial charge in [-0.2, -0.15) is 0 Å². The molecule has 0 spiro atoms. The molecule has 6 nitrogen and oxygen atoms in total. The highest BCUT2D eigenvalue weighted by atomic mass is 32.2. The summed E-state index contributed by atoms with van der Waals surface area (Å²) in [5, 5.41) is 2.92. The minimum atomic E-state index is -3.75. The van der Waals surface area contributed by atoms with Crippen LogP contribution in [0, 0.1) is 12.7 Å². The third kappa shape index (κ3) is 4.32. The summed E-state index contributed by atoms with van der Waals surface area (Å²) in [6.07, 6.45) is 0. The van der Waals surface area contributed by atoms with E-state index < -0.39 is 21.7 Å². The molecule has 0 aliphatic heterocycles. The fraction of sp³-hybridized carbons (Fsp3) is 0.0476. The lowest BCUT2D eigenvalue weighted by molar-refractivity contribution is 0.102. The van der Waals surface area contributed by atoms with Crippen LogP contribution in [0.1, 0.15) is 15.9 Å². The Morgan fingerprint density at radius 1 is 1.03 bits per heavy atom. The van der Waals surface area contributed by atoms with Crippen molar-refractivity contribution >= 4 is 48.3 Å². The van der Waals surface area contributed by atoms with Crippen LogP contribution in [0.3, 0.4) is 0 Å². The predicted octanol–water partition coefficient (Wildman–Crippen LogP) is 4.80. The summed E-state index contributed by atoms with van der Waals surface area (Å²) < 4.78 is 41.6. The number of aromatic nitrogens is 1. The van der Waals surface area contributed by atoms with Crippen molar-refractivity contribution in [2.24, 2.45) is 0 Å². The van der Waals surface area contributed by atoms with Crippen LogP contribution in [0.5, 0.6) is 0 Å². The summed E-state index contributed by atoms with van der Waals surface area (Å²) in [6.45, 7) is 1.88. The van der Waals surface area contributed by atoms with Crippen molar-refractivity contribution in [2.45, 2.75) is 11.8 Å². The van der Waals surface area contributed by atoms with Gasteiger partial charge in [0.2, 0.25) is 0 Å². The molecule has 0 unspecified atom stereocenters. The van der Waals surface area contributed by atoms with Gasteiger partial charge in [0.15, 0.2) is 5.13 Å². The second-order valence-corrected chi connectivity index (χ2v) is 9.30. The summed E-state index contributed by atoms with van der Waals surface area (Å²) in [5.41, 5.74) is 2.24. The van der Waals surface area contributed by atoms with Crippen molar-refractivity contribution in [3.05, 3.63) is 83.7 Å². The fourth-order valence-corrected chi connectivity index (χ4v) is 4.91. The van der Waals surface area contributed by atoms with Gasteiger partial charge in [-0.1, -0.05) is 35.1 Å². The summed E-state index contributed by atoms with van der Waals surface area (Å²) in [5.74, 6) is -0.940. The van der Waals surface area contributed by atoms with Crippen molar-refractivity contribution in [1.82, 2.24) is 4.98 Å². The number of anilines is 2. The number of carbonyl (C=O) groups excluding carboxylic acids is 1. The van der Waals surface area contributed by atoms with Crippen LogP contribution < -0.4 is 10.0 Å². The van der Waals surface area contributed by atoms with Crippen LogP contribution in [0.4, 0.5) is 15.2 Å². The SMILES string of the molecule is Cc1ccc(S(=O)(=O)Nc2nc3ccc(NC(=O)c4cccc(F)c4)cc3s2)cc1. The Bertz CT molecular complexity index is 1350. The first-order valence-electron chi connectivity index (χ1n) is 8.87. The molecule has 4 rings (SSSR count). The fourth-order valence-electron chi connectivity index (χ4n) is 2.77. The Balaban J connectivity index is 1.55. The number of sulfonamides is 1. The third-order valence-electron chi connectivity index (χ3n) is 4.29. The quantitative estimate of drug-likeness (QED) is 0.466. The second kappa shape index (κ2) is 7.85. The number of hydrogen-bond acceptors (Lipinski definition) is 5. The Labute approximate surface area is 176 Å². The van der Waals surface area contributed by atoms with E-state index in [0.29, 0.717) is 15.9 Å². The van der Waals surface area contributed by atoms with Gasteiger partial charge >= 0.3 is 0 Å². The van der Waals surface area contributed by atoms with Crippen LogP contribution in [-0.4, -0.2) is 19.3 Å². The van der Waals surface area contributed by atoms with E-state index >= 15 is 0 Å². The molecular weight excluding hydrogens is 425 g/mol. The molecule has 1 aromatic heterocycles. The standard InChI is InChI=1S/C21H16FN3O3S2/c1-13-5-8-17(9-6-13)30(27,28)25-21-24-18-10-7-16(12-19(18)29-21)23-20(26)14-3-2-4-15(22)11-14/h2-12H,1H3,(H,23,26)(H,24,25). The molecule has 0 radical (unpaired) electrons. The first kappa shape index (κ1) is 20.0. The molecule has 3 aromatic carbocycles. The van der Waals surface area contributed by atoms with Crippen LogP contribution in [0.15, 0.2) is 71.6 Å². The van der Waals surface area contributed by atoms with E-state index in [0.717, 1.165) is 23.0 Å². The van der Waals surface area contributed by atoms with E-state index in [-0.39, 0.29) is 15.6 Å². The van der Waals surface area contributed by atoms with Gasteiger partial charge in [0.1, 0.15) is 5.82 Å². The topological polar surface area (TPSA) is 88.2 Å². The number of benzene rings is 3. The minimum absolute atomic E-state index is 0.149. The van der Waals surface area contributed by atoms with Gasteiger partial charge in [0.25, 0.3) is 15.9 Å². The molecule has 0 fully saturated rings. The maximum absolute atomic E-state index is 13.3. The van der Waals surface area contributed by atoms with Gasteiger partial charge in [-0.05, 0) is 55.5 Å². The van der Waals surface area contributed by atoms with Crippen molar-refractivity contribution in [3.63, 3.8) is 0 Å². The molecule has 0 aliphatic carbocycles. The molecule has 0 saturated carbocycles. The Kier molecular flexibility index (Phi) is 5.23. The highest BCUT2D eigenvalue weighted by molar-refractivity contribution is 7.93. The first-order chi connectivity index (χ1) is 14.3. The van der Waals surface area contributed by atoms with Gasteiger partial charge in [-0.15, -0.1) is 0 Å². The molecular formula is C21H16FN3O3S2. The zero-order valence-electron chi connectivity index (χ0n) is 15.7. The molecule has 0 saturated heterocycles. The van der Waals surface area contributed by atoms with Gasteiger partial charge in [0, 0.05) is 11.3 Å². The van der Waals surface area contributed by atoms with Crippen molar-refractivity contribution in [3.8, 4) is 0 Å². The molecule has 4 aromatic rings. The average molecular weight is 442 g/mol. The number of fused-ring (bicyclic) bond motifs is 1. The predicted molar refractivity (Wildman–Crippen MR) is 116 cm³/mol. The number of hydrogen-bond donors (Lipinski definition) is 2. The Morgan fingerprint density at radius 2 is 1.80 bits per heavy atom. The van der Waals surface area contributed by atoms with Gasteiger partial charge in [0.05, 0.1) is 15.1 Å². The maximum atomic E-state index is 13.3. The van der Waals surface area contributed by atoms with Gasteiger partial charge < -0.3 is 5.32 Å². The normalized spacial score (nSPS) is 11.4. The zero-order chi connectivity index (χ0) is 21.3. The number of nitrogens with one attached hydrogen (secondary N) is 2. The lowest BCUT2D eigenvalue weighted by atomic mass is 10.2. The highest BCUT2D eigenvalue weighted by Gasteiger charge is 2.17. The molecule has 1 heterocycles. The number of rotatable bonds is 5. The van der Waals surface area contributed by atoms with Crippen molar-refractivity contribution in [1.29, 1.82) is 0 Å². The van der Waals surface area contributed by atoms with Gasteiger partial charge in [-0.3, -0.25) is 9.52 Å². The van der Waals surface area contributed by atoms with Crippen LogP contribution >= 0.6 is 11.3 Å². The average Bonchev–Trinajstić information content (AvgIpc) is 3.09. The smallest absolute Gasteiger partial charge is 0.263 e. The molecule has 2 N–H and O–H groups in total. The van der Waals surface area contributed by atoms with Crippen LogP contribution in [0.25, 0.3) is 10.2 Å². The van der Waals surface area contributed by atoms with E-state index in [1.54, 1.807) is 30.3 Å². The summed E-state index contributed by atoms with van der Waals surface area (Å²) >= 11 is 1.15. The Morgan fingerprint density at radius 3 is 2.53 bits per heavy atom. The van der Waals surface area contributed by atoms with Crippen LogP contribution in [-0.2, 0) is 10.0 Å². The summed E-state index contributed by atoms with van der Waals surface area (Å²) in [4.78, 5) is 16.7. The summed E-state index contributed by atoms with van der Waals surface area (Å²) in [7, 11) is -3.75. The number of thiazole rings is 1. The maximum Gasteiger partial charge on any atom is 0.263 e. The highest BCUT2D eigenvalue weighted by Crippen LogP contribution is 2.30. The van der Waals surface area contributed by atoms with E-state index in [1.807, 2.05) is 6.92 Å². The first-order valence-corrected chi connectivity index (χ1v) is 11.2. The van der Waals surface area contributed by atoms with E-state index in [2.05, 4.69) is 15.0 Å². The number of amides is 1. The van der Waals surface area contributed by atoms with E-state index in [9.17, 15) is 17.6 Å². The molecule has 0 bridgehead atoms. The van der Waals surface area contributed by atoms with E-state index in [4.69, 9.17) is 0 Å². The molecule has 0 atom stereocenters. The van der Waals surface area contributed by atoms with Crippen molar-refractivity contribution in [2.75, 3.05) is 10.0 Å². The second-order valence-electron chi connectivity index (χ2n) is 6.58. The molecule has 1 amide bonds. The molecule has 9 heteroatoms. The number of halogens is 1. The zero-order valence-corrected chi connectivity index (χ0v) is 17.4. The largest absolute Gasteiger partial charge is 0.322 e. The van der Waals surface area contributed by atoms with Crippen LogP contribution in [0.2, 0.25) is 0 Å². The molecule has 0 aliphatic rings. The number of carbonyl (C=O) groups is 1. The van der Waals surface area contributed by atoms with Crippen molar-refractivity contribution < 1.29 is 17.6 Å². The third-order valence-corrected chi connectivity index (χ3v) is 6.70. The number of aryl methyl sites for hydroxylation is 1. The lowest BCUT2D eigenvalue weighted by Gasteiger charge is -2.05. The summed E-state index contributed by atoms with van der Waals surface area (Å²) in [6, 6.07) is 16.9. The lowest BCUT2D eigenvalue weighted by Crippen LogP contribution is -2.12. The minimum Gasteiger partial charge on any atom is -0.322 e. The Hall–Kier alpha value is -3.30. The monoisotopic (exact) mass is 441 g/mol. The van der Waals surface area contributed by atoms with E-state index in [1.165, 1.54) is 30.3 Å². The molecule has 152 valence electrons. The van der Waals surface area contributed by atoms with Gasteiger partial charge in [-0.25, -0.2) is 17.8 Å². The molecule has 30 heavy (non-hydrogen) atoms.